The van der Waals surface area contributed by atoms with Gasteiger partial charge in [-0.15, -0.1) is 6.58 Å². The van der Waals surface area contributed by atoms with Gasteiger partial charge in [0.1, 0.15) is 0 Å². The van der Waals surface area contributed by atoms with Crippen LogP contribution in [0.3, 0.4) is 0 Å². The molecule has 0 radical (unpaired) electrons. The molecular formula is C14H23N3O4. The number of carbonyl (C=O) groups excluding carboxylic acids is 1. The predicted molar refractivity (Wildman–Crippen MR) is 75.5 cm³/mol. The maximum atomic E-state index is 12.7. The van der Waals surface area contributed by atoms with Crippen molar-refractivity contribution in [3.05, 3.63) is 12.7 Å². The SMILES string of the molecule is C=CCN1C(=O)N(CC2CO2)C(OC)N(CC2CO2)C1C. The highest BCUT2D eigenvalue weighted by Crippen LogP contribution is 2.27. The van der Waals surface area contributed by atoms with Crippen LogP contribution in [0.5, 0.6) is 0 Å². The lowest BCUT2D eigenvalue weighted by atomic mass is 10.2. The van der Waals surface area contributed by atoms with E-state index in [1.807, 2.05) is 6.92 Å². The van der Waals surface area contributed by atoms with Crippen LogP contribution in [-0.2, 0) is 14.2 Å². The molecule has 3 saturated heterocycles. The molecule has 3 aliphatic rings. The van der Waals surface area contributed by atoms with Gasteiger partial charge in [0, 0.05) is 20.2 Å². The first kappa shape index (κ1) is 14.8. The van der Waals surface area contributed by atoms with E-state index < -0.39 is 0 Å². The Labute approximate surface area is 125 Å². The molecule has 3 aliphatic heterocycles. The van der Waals surface area contributed by atoms with Crippen LogP contribution < -0.4 is 0 Å². The molecule has 0 N–H and O–H groups in total. The smallest absolute Gasteiger partial charge is 0.324 e. The molecule has 7 nitrogen and oxygen atoms in total. The molecule has 7 heteroatoms. The van der Waals surface area contributed by atoms with E-state index in [1.54, 1.807) is 23.0 Å². The van der Waals surface area contributed by atoms with Crippen molar-refractivity contribution in [3.8, 4) is 0 Å². The number of hydrogen-bond donors (Lipinski definition) is 0. The van der Waals surface area contributed by atoms with Crippen molar-refractivity contribution in [2.24, 2.45) is 0 Å². The summed E-state index contributed by atoms with van der Waals surface area (Å²) >= 11 is 0. The number of ether oxygens (including phenoxy) is 3. The molecule has 4 unspecified atom stereocenters. The highest BCUT2D eigenvalue weighted by atomic mass is 16.6. The van der Waals surface area contributed by atoms with Crippen molar-refractivity contribution in [3.63, 3.8) is 0 Å². The number of hydrogen-bond acceptors (Lipinski definition) is 5. The molecule has 21 heavy (non-hydrogen) atoms. The summed E-state index contributed by atoms with van der Waals surface area (Å²) in [4.78, 5) is 18.4. The Morgan fingerprint density at radius 1 is 1.29 bits per heavy atom. The van der Waals surface area contributed by atoms with Crippen molar-refractivity contribution in [1.29, 1.82) is 0 Å². The van der Waals surface area contributed by atoms with Gasteiger partial charge in [0.25, 0.3) is 0 Å². The third-order valence-corrected chi connectivity index (χ3v) is 4.13. The van der Waals surface area contributed by atoms with Gasteiger partial charge >= 0.3 is 6.03 Å². The van der Waals surface area contributed by atoms with E-state index in [0.29, 0.717) is 19.7 Å². The second kappa shape index (κ2) is 5.92. The highest BCUT2D eigenvalue weighted by Gasteiger charge is 2.46. The van der Waals surface area contributed by atoms with Gasteiger partial charge in [0.05, 0.1) is 38.1 Å². The third-order valence-electron chi connectivity index (χ3n) is 4.13. The predicted octanol–water partition coefficient (Wildman–Crippen LogP) is 0.286. The van der Waals surface area contributed by atoms with E-state index >= 15 is 0 Å². The summed E-state index contributed by atoms with van der Waals surface area (Å²) in [6, 6.07) is -0.0299. The van der Waals surface area contributed by atoms with Crippen molar-refractivity contribution in [1.82, 2.24) is 14.7 Å². The van der Waals surface area contributed by atoms with E-state index in [-0.39, 0.29) is 30.8 Å². The summed E-state index contributed by atoms with van der Waals surface area (Å²) in [5.41, 5.74) is 0. The summed E-state index contributed by atoms with van der Waals surface area (Å²) in [7, 11) is 1.63. The first-order chi connectivity index (χ1) is 10.2. The van der Waals surface area contributed by atoms with Crippen LogP contribution in [0.4, 0.5) is 4.79 Å². The fourth-order valence-corrected chi connectivity index (χ4v) is 2.81. The zero-order valence-corrected chi connectivity index (χ0v) is 12.6. The largest absolute Gasteiger partial charge is 0.372 e. The molecule has 0 saturated carbocycles. The molecule has 3 fully saturated rings. The maximum absolute atomic E-state index is 12.7. The zero-order chi connectivity index (χ0) is 15.0. The number of methoxy groups -OCH3 is 1. The lowest BCUT2D eigenvalue weighted by Gasteiger charge is -2.50. The Kier molecular flexibility index (Phi) is 4.17. The summed E-state index contributed by atoms with van der Waals surface area (Å²) in [6.45, 7) is 9.07. The molecule has 3 heterocycles. The van der Waals surface area contributed by atoms with Crippen molar-refractivity contribution in [2.75, 3.05) is 40.0 Å². The minimum atomic E-state index is -0.373. The highest BCUT2D eigenvalue weighted by molar-refractivity contribution is 5.76. The molecule has 0 bridgehead atoms. The molecule has 0 aromatic carbocycles. The van der Waals surface area contributed by atoms with Gasteiger partial charge < -0.3 is 19.1 Å². The van der Waals surface area contributed by atoms with Crippen LogP contribution in [0.15, 0.2) is 12.7 Å². The Bertz CT molecular complexity index is 411. The average molecular weight is 297 g/mol. The summed E-state index contributed by atoms with van der Waals surface area (Å²) in [5, 5.41) is 0. The van der Waals surface area contributed by atoms with E-state index in [1.165, 1.54) is 0 Å². The van der Waals surface area contributed by atoms with Gasteiger partial charge in [-0.2, -0.15) is 0 Å². The van der Waals surface area contributed by atoms with Gasteiger partial charge in [0.2, 0.25) is 0 Å². The average Bonchev–Trinajstić information content (AvgIpc) is 3.34. The zero-order valence-electron chi connectivity index (χ0n) is 12.6. The fraction of sp³-hybridized carbons (Fsp3) is 0.786. The van der Waals surface area contributed by atoms with Gasteiger partial charge in [-0.1, -0.05) is 6.08 Å². The Hall–Kier alpha value is -1.15. The van der Waals surface area contributed by atoms with Crippen molar-refractivity contribution >= 4 is 6.03 Å². The topological polar surface area (TPSA) is 61.1 Å². The van der Waals surface area contributed by atoms with E-state index in [4.69, 9.17) is 14.2 Å². The number of urea groups is 1. The van der Waals surface area contributed by atoms with Crippen LogP contribution >= 0.6 is 0 Å². The first-order valence-electron chi connectivity index (χ1n) is 7.35. The maximum Gasteiger partial charge on any atom is 0.324 e. The molecule has 0 aliphatic carbocycles. The molecule has 118 valence electrons. The minimum Gasteiger partial charge on any atom is -0.372 e. The second-order valence-electron chi connectivity index (χ2n) is 5.68. The van der Waals surface area contributed by atoms with Crippen LogP contribution in [0.1, 0.15) is 6.92 Å². The third kappa shape index (κ3) is 3.06. The Balaban J connectivity index is 1.80. The minimum absolute atomic E-state index is 0.0299. The van der Waals surface area contributed by atoms with E-state index in [9.17, 15) is 4.79 Å². The molecular weight excluding hydrogens is 274 g/mol. The molecule has 2 amide bonds. The summed E-state index contributed by atoms with van der Waals surface area (Å²) in [6.07, 6.45) is 1.69. The van der Waals surface area contributed by atoms with E-state index in [0.717, 1.165) is 13.2 Å². The van der Waals surface area contributed by atoms with Gasteiger partial charge in [-0.3, -0.25) is 4.90 Å². The first-order valence-corrected chi connectivity index (χ1v) is 7.35. The summed E-state index contributed by atoms with van der Waals surface area (Å²) < 4.78 is 16.2. The lowest BCUT2D eigenvalue weighted by molar-refractivity contribution is -0.179. The second-order valence-corrected chi connectivity index (χ2v) is 5.68. The monoisotopic (exact) mass is 297 g/mol. The number of nitrogens with zero attached hydrogens (tertiary/aromatic N) is 3. The number of carbonyl (C=O) groups is 1. The van der Waals surface area contributed by atoms with Crippen molar-refractivity contribution < 1.29 is 19.0 Å². The number of rotatable bonds is 7. The van der Waals surface area contributed by atoms with Gasteiger partial charge in [-0.25, -0.2) is 9.69 Å². The lowest BCUT2D eigenvalue weighted by Crippen LogP contribution is -2.69. The Morgan fingerprint density at radius 2 is 1.90 bits per heavy atom. The standard InChI is InChI=1S/C14H23N3O4/c1-4-5-15-10(2)16(6-11-8-20-11)14(19-3)17(13(15)18)7-12-9-21-12/h4,10-12,14H,1,5-9H2,2-3H3. The Morgan fingerprint density at radius 3 is 2.43 bits per heavy atom. The normalized spacial score (nSPS) is 36.0. The van der Waals surface area contributed by atoms with E-state index in [2.05, 4.69) is 11.5 Å². The van der Waals surface area contributed by atoms with Crippen LogP contribution in [0, 0.1) is 0 Å². The fourth-order valence-electron chi connectivity index (χ4n) is 2.81. The van der Waals surface area contributed by atoms with Gasteiger partial charge in [0.15, 0.2) is 6.35 Å². The number of epoxide rings is 2. The molecule has 4 atom stereocenters. The number of amides is 2. The summed E-state index contributed by atoms with van der Waals surface area (Å²) in [5.74, 6) is 0. The van der Waals surface area contributed by atoms with Gasteiger partial charge in [-0.05, 0) is 6.92 Å². The molecule has 3 rings (SSSR count). The van der Waals surface area contributed by atoms with Crippen molar-refractivity contribution in [2.45, 2.75) is 31.6 Å². The molecule has 0 aromatic rings. The van der Waals surface area contributed by atoms with Crippen LogP contribution in [0.25, 0.3) is 0 Å². The van der Waals surface area contributed by atoms with Crippen LogP contribution in [0.2, 0.25) is 0 Å². The van der Waals surface area contributed by atoms with Crippen LogP contribution in [-0.4, -0.2) is 85.4 Å². The quantitative estimate of drug-likeness (QED) is 0.499. The molecule has 0 aromatic heterocycles. The molecule has 0 spiro atoms.